The van der Waals surface area contributed by atoms with E-state index in [1.54, 1.807) is 12.1 Å². The molecule has 0 unspecified atom stereocenters. The van der Waals surface area contributed by atoms with Crippen molar-refractivity contribution in [3.63, 3.8) is 0 Å². The van der Waals surface area contributed by atoms with Crippen LogP contribution in [0.3, 0.4) is 0 Å². The van der Waals surface area contributed by atoms with E-state index in [-0.39, 0.29) is 12.4 Å². The molecule has 3 heterocycles. The molecule has 3 aromatic rings. The predicted octanol–water partition coefficient (Wildman–Crippen LogP) is 0.763. The average molecular weight is 439 g/mol. The molecular formula is C21H21N5O6. The standard InChI is InChI=1S/C21H21N5O6/c22-10-21(11-31-20(29)30-9-8-13-4-2-1-3-5-13)18(28)16(27)17(32-21)14-6-7-15-19(23)24-12-25-26(14)15/h1-7,12,16-18,27-28H,8-9,11H2,(H2,23,24,25)/t16-,17-,18-,21+/m0/s1. The second-order valence-electron chi connectivity index (χ2n) is 7.30. The van der Waals surface area contributed by atoms with Gasteiger partial charge in [0.2, 0.25) is 5.60 Å². The first-order valence-electron chi connectivity index (χ1n) is 9.82. The smallest absolute Gasteiger partial charge is 0.434 e. The zero-order chi connectivity index (χ0) is 22.7. The van der Waals surface area contributed by atoms with Crippen LogP contribution >= 0.6 is 0 Å². The third kappa shape index (κ3) is 3.94. The number of nitrogens with two attached hydrogens (primary N) is 1. The van der Waals surface area contributed by atoms with Crippen molar-refractivity contribution in [2.75, 3.05) is 18.9 Å². The summed E-state index contributed by atoms with van der Waals surface area (Å²) in [6.07, 6.45) is -3.56. The van der Waals surface area contributed by atoms with E-state index in [0.717, 1.165) is 5.56 Å². The number of hydrogen-bond acceptors (Lipinski definition) is 10. The second kappa shape index (κ2) is 8.80. The van der Waals surface area contributed by atoms with Gasteiger partial charge in [-0.1, -0.05) is 30.3 Å². The van der Waals surface area contributed by atoms with Crippen molar-refractivity contribution < 1.29 is 29.2 Å². The molecule has 0 saturated carbocycles. The Morgan fingerprint density at radius 2 is 2.03 bits per heavy atom. The highest BCUT2D eigenvalue weighted by Gasteiger charge is 2.57. The van der Waals surface area contributed by atoms with E-state index in [4.69, 9.17) is 19.9 Å². The molecule has 0 amide bonds. The van der Waals surface area contributed by atoms with Gasteiger partial charge in [0.1, 0.15) is 42.8 Å². The predicted molar refractivity (Wildman–Crippen MR) is 109 cm³/mol. The number of nitrogen functional groups attached to an aromatic ring is 1. The molecule has 1 aliphatic rings. The van der Waals surface area contributed by atoms with E-state index in [1.807, 2.05) is 36.4 Å². The summed E-state index contributed by atoms with van der Waals surface area (Å²) in [5.41, 5.74) is 5.63. The SMILES string of the molecule is N#C[C@]1(COC(=O)OCCc2ccccc2)O[C@@H](c2ccc3c(N)ncnn23)[C@H](O)[C@@H]1O. The minimum absolute atomic E-state index is 0.0777. The summed E-state index contributed by atoms with van der Waals surface area (Å²) in [6.45, 7) is -0.558. The second-order valence-corrected chi connectivity index (χ2v) is 7.30. The minimum atomic E-state index is -1.99. The van der Waals surface area contributed by atoms with Gasteiger partial charge in [-0.05, 0) is 17.7 Å². The molecule has 1 saturated heterocycles. The first-order chi connectivity index (χ1) is 15.4. The average Bonchev–Trinajstić information content (AvgIpc) is 3.34. The summed E-state index contributed by atoms with van der Waals surface area (Å²) in [7, 11) is 0. The summed E-state index contributed by atoms with van der Waals surface area (Å²) in [4.78, 5) is 15.9. The van der Waals surface area contributed by atoms with Crippen molar-refractivity contribution in [2.45, 2.75) is 30.3 Å². The van der Waals surface area contributed by atoms with Gasteiger partial charge in [0.05, 0.1) is 12.3 Å². The summed E-state index contributed by atoms with van der Waals surface area (Å²) < 4.78 is 17.2. The molecule has 166 valence electrons. The number of rotatable bonds is 6. The lowest BCUT2D eigenvalue weighted by Crippen LogP contribution is -2.46. The normalized spacial score (nSPS) is 24.8. The van der Waals surface area contributed by atoms with Gasteiger partial charge in [0, 0.05) is 6.42 Å². The Morgan fingerprint density at radius 1 is 1.25 bits per heavy atom. The van der Waals surface area contributed by atoms with Crippen molar-refractivity contribution in [3.8, 4) is 6.07 Å². The molecule has 0 spiro atoms. The number of nitriles is 1. The van der Waals surface area contributed by atoms with E-state index in [1.165, 1.54) is 10.8 Å². The highest BCUT2D eigenvalue weighted by atomic mass is 16.7. The van der Waals surface area contributed by atoms with Gasteiger partial charge in [-0.2, -0.15) is 10.4 Å². The third-order valence-corrected chi connectivity index (χ3v) is 5.30. The molecule has 4 atom stereocenters. The van der Waals surface area contributed by atoms with Gasteiger partial charge < -0.3 is 30.2 Å². The molecule has 2 aromatic heterocycles. The van der Waals surface area contributed by atoms with Crippen LogP contribution in [0.15, 0.2) is 48.8 Å². The Hall–Kier alpha value is -3.72. The fourth-order valence-corrected chi connectivity index (χ4v) is 3.58. The Balaban J connectivity index is 1.41. The molecule has 4 N–H and O–H groups in total. The van der Waals surface area contributed by atoms with Crippen LogP contribution in [-0.2, 0) is 20.6 Å². The fourth-order valence-electron chi connectivity index (χ4n) is 3.58. The monoisotopic (exact) mass is 439 g/mol. The zero-order valence-corrected chi connectivity index (χ0v) is 16.9. The van der Waals surface area contributed by atoms with Crippen LogP contribution in [-0.4, -0.2) is 62.0 Å². The van der Waals surface area contributed by atoms with Gasteiger partial charge in [0.25, 0.3) is 0 Å². The molecule has 0 radical (unpaired) electrons. The maximum atomic E-state index is 12.0. The maximum absolute atomic E-state index is 12.0. The number of aromatic nitrogens is 3. The van der Waals surface area contributed by atoms with Crippen LogP contribution in [0.5, 0.6) is 0 Å². The van der Waals surface area contributed by atoms with Crippen molar-refractivity contribution >= 4 is 17.5 Å². The van der Waals surface area contributed by atoms with Crippen LogP contribution in [0.4, 0.5) is 10.6 Å². The highest BCUT2D eigenvalue weighted by molar-refractivity contribution is 5.65. The van der Waals surface area contributed by atoms with Crippen LogP contribution in [0.1, 0.15) is 17.4 Å². The van der Waals surface area contributed by atoms with E-state index >= 15 is 0 Å². The third-order valence-electron chi connectivity index (χ3n) is 5.30. The number of carbonyl (C=O) groups is 1. The number of nitrogens with zero attached hydrogens (tertiary/aromatic N) is 4. The topological polar surface area (TPSA) is 165 Å². The Bertz CT molecular complexity index is 1150. The lowest BCUT2D eigenvalue weighted by atomic mass is 9.96. The summed E-state index contributed by atoms with van der Waals surface area (Å²) >= 11 is 0. The molecule has 11 heteroatoms. The van der Waals surface area contributed by atoms with E-state index < -0.39 is 36.7 Å². The van der Waals surface area contributed by atoms with Gasteiger partial charge in [-0.15, -0.1) is 0 Å². The quantitative estimate of drug-likeness (QED) is 0.467. The number of aliphatic hydroxyl groups is 2. The van der Waals surface area contributed by atoms with Crippen molar-refractivity contribution in [2.24, 2.45) is 0 Å². The zero-order valence-electron chi connectivity index (χ0n) is 16.9. The molecule has 11 nitrogen and oxygen atoms in total. The molecule has 0 aliphatic carbocycles. The Morgan fingerprint density at radius 3 is 2.78 bits per heavy atom. The van der Waals surface area contributed by atoms with Crippen LogP contribution < -0.4 is 5.73 Å². The number of benzene rings is 1. The lowest BCUT2D eigenvalue weighted by Gasteiger charge is -2.23. The lowest BCUT2D eigenvalue weighted by molar-refractivity contribution is -0.0855. The van der Waals surface area contributed by atoms with E-state index in [9.17, 15) is 20.3 Å². The molecule has 4 rings (SSSR count). The Labute approximate surface area is 182 Å². The van der Waals surface area contributed by atoms with Crippen LogP contribution in [0.25, 0.3) is 5.52 Å². The molecule has 1 fully saturated rings. The largest absolute Gasteiger partial charge is 0.508 e. The maximum Gasteiger partial charge on any atom is 0.508 e. The fraction of sp³-hybridized carbons (Fsp3) is 0.333. The molecule has 1 aromatic carbocycles. The summed E-state index contributed by atoms with van der Waals surface area (Å²) in [6, 6.07) is 14.5. The van der Waals surface area contributed by atoms with Crippen molar-refractivity contribution in [1.82, 2.24) is 14.6 Å². The minimum Gasteiger partial charge on any atom is -0.434 e. The highest BCUT2D eigenvalue weighted by Crippen LogP contribution is 2.40. The van der Waals surface area contributed by atoms with E-state index in [2.05, 4.69) is 10.1 Å². The summed E-state index contributed by atoms with van der Waals surface area (Å²) in [5, 5.41) is 34.9. The van der Waals surface area contributed by atoms with E-state index in [0.29, 0.717) is 17.6 Å². The first kappa shape index (κ1) is 21.5. The molecule has 1 aliphatic heterocycles. The number of carbonyl (C=O) groups excluding carboxylic acids is 1. The van der Waals surface area contributed by atoms with Gasteiger partial charge in [0.15, 0.2) is 5.82 Å². The molecule has 0 bridgehead atoms. The summed E-state index contributed by atoms with van der Waals surface area (Å²) in [5.74, 6) is 0.215. The first-order valence-corrected chi connectivity index (χ1v) is 9.82. The van der Waals surface area contributed by atoms with Crippen LogP contribution in [0, 0.1) is 11.3 Å². The van der Waals surface area contributed by atoms with Crippen LogP contribution in [0.2, 0.25) is 0 Å². The Kier molecular flexibility index (Phi) is 5.91. The molecule has 32 heavy (non-hydrogen) atoms. The number of aliphatic hydroxyl groups excluding tert-OH is 2. The van der Waals surface area contributed by atoms with Crippen molar-refractivity contribution in [1.29, 1.82) is 5.26 Å². The number of hydrogen-bond donors (Lipinski definition) is 3. The number of fused-ring (bicyclic) bond motifs is 1. The van der Waals surface area contributed by atoms with Gasteiger partial charge in [-0.25, -0.2) is 14.3 Å². The number of anilines is 1. The number of ether oxygens (including phenoxy) is 3. The molecular weight excluding hydrogens is 418 g/mol. The van der Waals surface area contributed by atoms with Gasteiger partial charge >= 0.3 is 6.16 Å². The van der Waals surface area contributed by atoms with Crippen molar-refractivity contribution in [3.05, 3.63) is 60.0 Å². The van der Waals surface area contributed by atoms with Gasteiger partial charge in [-0.3, -0.25) is 0 Å².